The molecule has 25 heavy (non-hydrogen) atoms. The van der Waals surface area contributed by atoms with E-state index in [1.807, 2.05) is 6.92 Å². The Kier molecular flexibility index (Phi) is 6.16. The Bertz CT molecular complexity index is 793. The van der Waals surface area contributed by atoms with Gasteiger partial charge in [-0.25, -0.2) is 14.4 Å². The number of benzene rings is 1. The predicted molar refractivity (Wildman–Crippen MR) is 93.1 cm³/mol. The number of aryl methyl sites for hydroxylation is 2. The van der Waals surface area contributed by atoms with Gasteiger partial charge in [-0.05, 0) is 32.4 Å². The second kappa shape index (κ2) is 8.32. The molecule has 0 atom stereocenters. The number of nitrogens with one attached hydrogen (secondary N) is 2. The van der Waals surface area contributed by atoms with Crippen molar-refractivity contribution in [3.05, 3.63) is 52.9 Å². The summed E-state index contributed by atoms with van der Waals surface area (Å²) in [6, 6.07) is 5.79. The van der Waals surface area contributed by atoms with Crippen LogP contribution in [0.3, 0.4) is 0 Å². The van der Waals surface area contributed by atoms with E-state index >= 15 is 0 Å². The first-order chi connectivity index (χ1) is 11.9. The second-order valence-corrected chi connectivity index (χ2v) is 5.64. The molecule has 0 spiro atoms. The van der Waals surface area contributed by atoms with E-state index in [1.165, 1.54) is 18.2 Å². The topological polar surface area (TPSA) is 84.0 Å². The summed E-state index contributed by atoms with van der Waals surface area (Å²) in [5.74, 6) is -1.72. The maximum absolute atomic E-state index is 13.7. The lowest BCUT2D eigenvalue weighted by Gasteiger charge is -2.12. The van der Waals surface area contributed by atoms with Crippen molar-refractivity contribution >= 4 is 17.5 Å². The summed E-state index contributed by atoms with van der Waals surface area (Å²) >= 11 is 0. The van der Waals surface area contributed by atoms with Gasteiger partial charge in [-0.3, -0.25) is 9.59 Å². The van der Waals surface area contributed by atoms with Crippen molar-refractivity contribution in [1.82, 2.24) is 15.3 Å². The average Bonchev–Trinajstić information content (AvgIpc) is 2.59. The normalized spacial score (nSPS) is 10.4. The van der Waals surface area contributed by atoms with E-state index in [0.717, 1.165) is 12.8 Å². The van der Waals surface area contributed by atoms with Crippen molar-refractivity contribution in [2.24, 2.45) is 0 Å². The SMILES string of the molecule is CCCCNC(=O)c1nc(C)c(C)nc1C(=O)Nc1ccccc1F. The monoisotopic (exact) mass is 344 g/mol. The van der Waals surface area contributed by atoms with Crippen LogP contribution in [0, 0.1) is 19.7 Å². The highest BCUT2D eigenvalue weighted by atomic mass is 19.1. The fraction of sp³-hybridized carbons (Fsp3) is 0.333. The molecule has 0 saturated heterocycles. The number of carbonyl (C=O) groups excluding carboxylic acids is 2. The van der Waals surface area contributed by atoms with Crippen LogP contribution in [0.25, 0.3) is 0 Å². The number of unbranched alkanes of at least 4 members (excludes halogenated alkanes) is 1. The Morgan fingerprint density at radius 1 is 1.04 bits per heavy atom. The number of nitrogens with zero attached hydrogens (tertiary/aromatic N) is 2. The highest BCUT2D eigenvalue weighted by Gasteiger charge is 2.22. The molecule has 132 valence electrons. The van der Waals surface area contributed by atoms with E-state index in [-0.39, 0.29) is 17.1 Å². The van der Waals surface area contributed by atoms with Gasteiger partial charge >= 0.3 is 0 Å². The predicted octanol–water partition coefficient (Wildman–Crippen LogP) is 3.01. The number of para-hydroxylation sites is 1. The fourth-order valence-electron chi connectivity index (χ4n) is 2.13. The second-order valence-electron chi connectivity index (χ2n) is 5.64. The molecule has 0 saturated carbocycles. The summed E-state index contributed by atoms with van der Waals surface area (Å²) in [6.45, 7) is 5.90. The molecule has 0 bridgehead atoms. The third-order valence-corrected chi connectivity index (χ3v) is 3.68. The largest absolute Gasteiger partial charge is 0.351 e. The van der Waals surface area contributed by atoms with Crippen LogP contribution >= 0.6 is 0 Å². The molecule has 0 aliphatic heterocycles. The maximum atomic E-state index is 13.7. The molecule has 6 nitrogen and oxygen atoms in total. The minimum absolute atomic E-state index is 0.0184. The van der Waals surface area contributed by atoms with Gasteiger partial charge in [0.05, 0.1) is 17.1 Å². The molecule has 2 amide bonds. The molecular weight excluding hydrogens is 323 g/mol. The number of halogens is 1. The Balaban J connectivity index is 2.32. The zero-order valence-electron chi connectivity index (χ0n) is 14.5. The summed E-state index contributed by atoms with van der Waals surface area (Å²) in [5, 5.41) is 5.16. The van der Waals surface area contributed by atoms with Crippen molar-refractivity contribution in [2.75, 3.05) is 11.9 Å². The number of carbonyl (C=O) groups is 2. The number of hydrogen-bond acceptors (Lipinski definition) is 4. The quantitative estimate of drug-likeness (QED) is 0.789. The Labute approximate surface area is 145 Å². The maximum Gasteiger partial charge on any atom is 0.276 e. The van der Waals surface area contributed by atoms with E-state index < -0.39 is 17.6 Å². The fourth-order valence-corrected chi connectivity index (χ4v) is 2.13. The van der Waals surface area contributed by atoms with E-state index in [9.17, 15) is 14.0 Å². The third kappa shape index (κ3) is 4.59. The number of aromatic nitrogens is 2. The molecule has 0 radical (unpaired) electrons. The molecule has 1 heterocycles. The highest BCUT2D eigenvalue weighted by molar-refractivity contribution is 6.10. The van der Waals surface area contributed by atoms with Crippen molar-refractivity contribution in [2.45, 2.75) is 33.6 Å². The molecule has 1 aromatic heterocycles. The minimum atomic E-state index is -0.679. The van der Waals surface area contributed by atoms with Crippen LogP contribution in [0.15, 0.2) is 24.3 Å². The zero-order valence-corrected chi connectivity index (χ0v) is 14.5. The number of hydrogen-bond donors (Lipinski definition) is 2. The summed E-state index contributed by atoms with van der Waals surface area (Å²) in [6.07, 6.45) is 1.75. The Morgan fingerprint density at radius 2 is 1.64 bits per heavy atom. The van der Waals surface area contributed by atoms with E-state index in [2.05, 4.69) is 20.6 Å². The number of rotatable bonds is 6. The molecule has 2 rings (SSSR count). The molecule has 1 aromatic carbocycles. The third-order valence-electron chi connectivity index (χ3n) is 3.68. The molecule has 0 aliphatic rings. The van der Waals surface area contributed by atoms with Crippen LogP contribution in [0.4, 0.5) is 10.1 Å². The molecule has 0 aliphatic carbocycles. The minimum Gasteiger partial charge on any atom is -0.351 e. The van der Waals surface area contributed by atoms with Gasteiger partial charge in [-0.15, -0.1) is 0 Å². The van der Waals surface area contributed by atoms with Crippen LogP contribution in [0.1, 0.15) is 52.1 Å². The van der Waals surface area contributed by atoms with Crippen molar-refractivity contribution in [3.8, 4) is 0 Å². The Morgan fingerprint density at radius 3 is 2.24 bits per heavy atom. The smallest absolute Gasteiger partial charge is 0.276 e. The number of amides is 2. The van der Waals surface area contributed by atoms with Crippen molar-refractivity contribution < 1.29 is 14.0 Å². The molecule has 2 N–H and O–H groups in total. The lowest BCUT2D eigenvalue weighted by molar-refractivity contribution is 0.0932. The van der Waals surface area contributed by atoms with Crippen LogP contribution in [0.5, 0.6) is 0 Å². The standard InChI is InChI=1S/C18H21FN4O2/c1-4-5-10-20-17(24)15-16(22-12(3)11(2)21-15)18(25)23-14-9-7-6-8-13(14)19/h6-9H,4-5,10H2,1-3H3,(H,20,24)(H,23,25). The van der Waals surface area contributed by atoms with Gasteiger partial charge in [0.2, 0.25) is 0 Å². The molecule has 0 unspecified atom stereocenters. The summed E-state index contributed by atoms with van der Waals surface area (Å²) in [7, 11) is 0. The summed E-state index contributed by atoms with van der Waals surface area (Å²) in [4.78, 5) is 33.3. The van der Waals surface area contributed by atoms with Crippen molar-refractivity contribution in [1.29, 1.82) is 0 Å². The Hall–Kier alpha value is -2.83. The highest BCUT2D eigenvalue weighted by Crippen LogP contribution is 2.15. The van der Waals surface area contributed by atoms with Crippen LogP contribution in [-0.2, 0) is 0 Å². The van der Waals surface area contributed by atoms with Crippen molar-refractivity contribution in [3.63, 3.8) is 0 Å². The first-order valence-corrected chi connectivity index (χ1v) is 8.13. The van der Waals surface area contributed by atoms with E-state index in [1.54, 1.807) is 19.9 Å². The van der Waals surface area contributed by atoms with Crippen LogP contribution in [-0.4, -0.2) is 28.3 Å². The van der Waals surface area contributed by atoms with E-state index in [0.29, 0.717) is 17.9 Å². The molecule has 0 fully saturated rings. The van der Waals surface area contributed by atoms with Gasteiger partial charge in [-0.2, -0.15) is 0 Å². The molecular formula is C18H21FN4O2. The van der Waals surface area contributed by atoms with Gasteiger partial charge in [0.15, 0.2) is 11.4 Å². The first-order valence-electron chi connectivity index (χ1n) is 8.13. The molecule has 7 heteroatoms. The first kappa shape index (κ1) is 18.5. The van der Waals surface area contributed by atoms with Gasteiger partial charge in [0.25, 0.3) is 11.8 Å². The summed E-state index contributed by atoms with van der Waals surface area (Å²) in [5.41, 5.74) is 0.921. The van der Waals surface area contributed by atoms with Gasteiger partial charge < -0.3 is 10.6 Å². The van der Waals surface area contributed by atoms with Gasteiger partial charge in [0.1, 0.15) is 5.82 Å². The van der Waals surface area contributed by atoms with Gasteiger partial charge in [-0.1, -0.05) is 25.5 Å². The number of anilines is 1. The lowest BCUT2D eigenvalue weighted by Crippen LogP contribution is -2.30. The average molecular weight is 344 g/mol. The summed E-state index contributed by atoms with van der Waals surface area (Å²) < 4.78 is 13.7. The lowest BCUT2D eigenvalue weighted by atomic mass is 10.2. The van der Waals surface area contributed by atoms with Gasteiger partial charge in [0, 0.05) is 6.54 Å². The van der Waals surface area contributed by atoms with Crippen LogP contribution in [0.2, 0.25) is 0 Å². The van der Waals surface area contributed by atoms with Crippen LogP contribution < -0.4 is 10.6 Å². The zero-order chi connectivity index (χ0) is 18.4. The molecule has 2 aromatic rings. The van der Waals surface area contributed by atoms with E-state index in [4.69, 9.17) is 0 Å².